The van der Waals surface area contributed by atoms with E-state index in [2.05, 4.69) is 390 Å². The molecule has 4 heteroatoms. The molecule has 6 aliphatic carbocycles. The Labute approximate surface area is 631 Å². The van der Waals surface area contributed by atoms with Gasteiger partial charge in [-0.1, -0.05) is 328 Å². The molecular weight excluding hydrogens is 1310 g/mol. The number of para-hydroxylation sites is 2. The van der Waals surface area contributed by atoms with Gasteiger partial charge in [0.1, 0.15) is 0 Å². The molecule has 0 atom stereocenters. The van der Waals surface area contributed by atoms with Crippen LogP contribution in [0, 0.1) is 0 Å². The molecule has 0 amide bonds. The van der Waals surface area contributed by atoms with E-state index in [1.165, 1.54) is 177 Å². The summed E-state index contributed by atoms with van der Waals surface area (Å²) in [5.74, 6) is 0. The number of nitrogens with zero attached hydrogens (tertiary/aromatic N) is 3. The second kappa shape index (κ2) is 20.8. The maximum atomic E-state index is 2.85. The first-order chi connectivity index (χ1) is 54.1. The highest BCUT2D eigenvalue weighted by molar-refractivity contribution is 7.00. The lowest BCUT2D eigenvalue weighted by Gasteiger charge is -2.46. The molecule has 0 radical (unpaired) electrons. The largest absolute Gasteiger partial charge is 0.311 e. The van der Waals surface area contributed by atoms with Crippen LogP contribution in [0.15, 0.2) is 376 Å². The molecule has 500 valence electrons. The van der Waals surface area contributed by atoms with E-state index < -0.39 is 16.2 Å². The van der Waals surface area contributed by atoms with Crippen LogP contribution in [-0.4, -0.2) is 11.3 Å². The number of fused-ring (bicyclic) bond motifs is 38. The van der Waals surface area contributed by atoms with Gasteiger partial charge in [0.2, 0.25) is 0 Å². The molecule has 0 bridgehead atoms. The summed E-state index contributed by atoms with van der Waals surface area (Å²) in [7, 11) is 0. The van der Waals surface area contributed by atoms with Crippen LogP contribution in [0.5, 0.6) is 0 Å². The Bertz CT molecular complexity index is 6950. The molecular formula is C105H62BN3. The van der Waals surface area contributed by atoms with Gasteiger partial charge in [-0.3, -0.25) is 0 Å². The van der Waals surface area contributed by atoms with Crippen LogP contribution in [0.1, 0.15) is 66.8 Å². The van der Waals surface area contributed by atoms with Crippen LogP contribution >= 0.6 is 0 Å². The molecule has 3 heterocycles. The van der Waals surface area contributed by atoms with E-state index in [1.54, 1.807) is 0 Å². The van der Waals surface area contributed by atoms with Crippen LogP contribution in [0.2, 0.25) is 0 Å². The molecule has 109 heavy (non-hydrogen) atoms. The number of benzene rings is 17. The summed E-state index contributed by atoms with van der Waals surface area (Å²) >= 11 is 0. The van der Waals surface area contributed by atoms with Gasteiger partial charge in [-0.25, -0.2) is 0 Å². The van der Waals surface area contributed by atoms with Gasteiger partial charge in [0.05, 0.1) is 38.7 Å². The van der Waals surface area contributed by atoms with Crippen LogP contribution in [0.25, 0.3) is 105 Å². The Kier molecular flexibility index (Phi) is 11.2. The fraction of sp³-hybridized carbons (Fsp3) is 0.0286. The standard InChI is InChI=1S/C105H62BN3/c1-2-27-63(28-3-1)64-53-58-95-92(59-64)106-91-57-56-89-99(79-39-12-23-49-88(79)103(89)80-41-15-4-29-67(80)68-30-5-16-42-81(68)103)102(91)109(96-52-26-40-78-74-36-11-22-48-87(74)105(100(78)96)85-46-20-9-33-71(85)72-34-10-21-47-86(72)105)98-62-66(108-93-50-24-13-37-76(93)77-38-14-25-51-94(77)108)61-97(101(98)106)107(95)65-54-55-75-73-35-8-19-45-84(73)104(90(75)60-65)82-43-17-6-31-69(82)70-32-7-18-44-83(70)104/h1-62H. The number of rotatable bonds is 4. The molecule has 0 N–H and O–H groups in total. The van der Waals surface area contributed by atoms with E-state index in [1.807, 2.05) is 0 Å². The van der Waals surface area contributed by atoms with Gasteiger partial charge in [0, 0.05) is 50.3 Å². The first kappa shape index (κ1) is 58.5. The van der Waals surface area contributed by atoms with Gasteiger partial charge in [-0.2, -0.15) is 0 Å². The van der Waals surface area contributed by atoms with Crippen molar-refractivity contribution in [3.8, 4) is 83.6 Å². The second-order valence-electron chi connectivity index (χ2n) is 31.0. The van der Waals surface area contributed by atoms with Crippen LogP contribution in [0.4, 0.5) is 34.1 Å². The van der Waals surface area contributed by atoms with Crippen molar-refractivity contribution >= 4 is 79.0 Å². The second-order valence-corrected chi connectivity index (χ2v) is 31.0. The molecule has 3 spiro atoms. The maximum absolute atomic E-state index is 2.85. The van der Waals surface area contributed by atoms with Crippen LogP contribution in [0.3, 0.4) is 0 Å². The van der Waals surface area contributed by atoms with Gasteiger partial charge < -0.3 is 14.4 Å². The number of aromatic nitrogens is 1. The summed E-state index contributed by atoms with van der Waals surface area (Å²) in [6, 6.07) is 146. The molecule has 0 fully saturated rings. The first-order valence-electron chi connectivity index (χ1n) is 38.4. The quantitative estimate of drug-likeness (QED) is 0.163. The zero-order chi connectivity index (χ0) is 70.7. The van der Waals surface area contributed by atoms with Crippen molar-refractivity contribution in [1.29, 1.82) is 0 Å². The lowest BCUT2D eigenvalue weighted by molar-refractivity contribution is 0.791. The summed E-state index contributed by atoms with van der Waals surface area (Å²) in [6.45, 7) is -0.273. The Balaban J connectivity index is 0.850. The molecule has 8 aliphatic rings. The smallest absolute Gasteiger partial charge is 0.252 e. The van der Waals surface area contributed by atoms with E-state index in [0.717, 1.165) is 45.2 Å². The van der Waals surface area contributed by atoms with E-state index in [-0.39, 0.29) is 6.71 Å². The zero-order valence-corrected chi connectivity index (χ0v) is 59.2. The predicted molar refractivity (Wildman–Crippen MR) is 449 cm³/mol. The van der Waals surface area contributed by atoms with Crippen molar-refractivity contribution in [1.82, 2.24) is 4.57 Å². The summed E-state index contributed by atoms with van der Waals surface area (Å²) < 4.78 is 2.58. The number of anilines is 6. The van der Waals surface area contributed by atoms with Crippen molar-refractivity contribution < 1.29 is 0 Å². The Morgan fingerprint density at radius 2 is 0.633 bits per heavy atom. The third-order valence-electron chi connectivity index (χ3n) is 26.6. The molecule has 0 saturated heterocycles. The molecule has 17 aromatic carbocycles. The zero-order valence-electron chi connectivity index (χ0n) is 59.2. The average Bonchev–Trinajstić information content (AvgIpc) is 1.54. The molecule has 18 aromatic rings. The molecule has 1 aromatic heterocycles. The van der Waals surface area contributed by atoms with E-state index in [0.29, 0.717) is 0 Å². The highest BCUT2D eigenvalue weighted by Gasteiger charge is 2.59. The summed E-state index contributed by atoms with van der Waals surface area (Å²) in [6.07, 6.45) is 0. The number of hydrogen-bond donors (Lipinski definition) is 0. The van der Waals surface area contributed by atoms with E-state index >= 15 is 0 Å². The third kappa shape index (κ3) is 6.92. The lowest BCUT2D eigenvalue weighted by atomic mass is 9.33. The molecule has 0 unspecified atom stereocenters. The number of hydrogen-bond acceptors (Lipinski definition) is 2. The normalized spacial score (nSPS) is 15.0. The Morgan fingerprint density at radius 1 is 0.220 bits per heavy atom. The SMILES string of the molecule is c1ccc(-c2ccc3c(c2)B2c4ccc5c(c4N(c4cccc6c4C4(c7ccccc7-c7ccccc74)c4ccccc4-6)c4cc(-n6c7ccccc7c7ccccc76)cc(c42)N3c2ccc3c(c2)C2(c4ccccc4-c4ccccc42)c2ccccc2-3)-c2ccccc2C52c3ccccc3-c3ccccc32)cc1. The van der Waals surface area contributed by atoms with Crippen molar-refractivity contribution in [3.05, 3.63) is 443 Å². The van der Waals surface area contributed by atoms with Gasteiger partial charge in [-0.15, -0.1) is 0 Å². The fourth-order valence-corrected chi connectivity index (χ4v) is 22.9. The van der Waals surface area contributed by atoms with Crippen LogP contribution < -0.4 is 26.2 Å². The van der Waals surface area contributed by atoms with Gasteiger partial charge in [0.15, 0.2) is 0 Å². The van der Waals surface area contributed by atoms with Crippen molar-refractivity contribution in [2.24, 2.45) is 0 Å². The van der Waals surface area contributed by atoms with E-state index in [9.17, 15) is 0 Å². The minimum Gasteiger partial charge on any atom is -0.311 e. The van der Waals surface area contributed by atoms with Crippen molar-refractivity contribution in [2.45, 2.75) is 16.2 Å². The first-order valence-corrected chi connectivity index (χ1v) is 38.4. The minimum absolute atomic E-state index is 0.273. The molecule has 26 rings (SSSR count). The highest BCUT2D eigenvalue weighted by atomic mass is 15.2. The maximum Gasteiger partial charge on any atom is 0.252 e. The van der Waals surface area contributed by atoms with Crippen molar-refractivity contribution in [2.75, 3.05) is 9.80 Å². The van der Waals surface area contributed by atoms with Crippen molar-refractivity contribution in [3.63, 3.8) is 0 Å². The van der Waals surface area contributed by atoms with Crippen LogP contribution in [-0.2, 0) is 16.2 Å². The third-order valence-corrected chi connectivity index (χ3v) is 26.6. The Morgan fingerprint density at radius 3 is 1.16 bits per heavy atom. The summed E-state index contributed by atoms with van der Waals surface area (Å²) in [4.78, 5) is 5.55. The molecule has 2 aliphatic heterocycles. The highest BCUT2D eigenvalue weighted by Crippen LogP contribution is 2.70. The summed E-state index contributed by atoms with van der Waals surface area (Å²) in [5.41, 5.74) is 45.6. The van der Waals surface area contributed by atoms with E-state index in [4.69, 9.17) is 0 Å². The topological polar surface area (TPSA) is 11.4 Å². The average molecular weight is 1380 g/mol. The Hall–Kier alpha value is -13.8. The van der Waals surface area contributed by atoms with Gasteiger partial charge in [-0.05, 0) is 198 Å². The van der Waals surface area contributed by atoms with Gasteiger partial charge >= 0.3 is 0 Å². The monoisotopic (exact) mass is 1380 g/mol. The lowest BCUT2D eigenvalue weighted by Crippen LogP contribution is -2.61. The molecule has 3 nitrogen and oxygen atoms in total. The molecule has 0 saturated carbocycles. The minimum atomic E-state index is -0.712. The van der Waals surface area contributed by atoms with Gasteiger partial charge in [0.25, 0.3) is 6.71 Å². The fourth-order valence-electron chi connectivity index (χ4n) is 22.9. The predicted octanol–water partition coefficient (Wildman–Crippen LogP) is 23.6. The summed E-state index contributed by atoms with van der Waals surface area (Å²) in [5, 5.41) is 2.44.